The molecule has 0 aliphatic heterocycles. The van der Waals surface area contributed by atoms with E-state index in [1.807, 2.05) is 61.5 Å². The Hall–Kier alpha value is -2.87. The second-order valence-corrected chi connectivity index (χ2v) is 15.7. The van der Waals surface area contributed by atoms with Crippen LogP contribution in [-0.2, 0) is 20.2 Å². The number of benzene rings is 4. The molecule has 0 aliphatic rings. The zero-order valence-electron chi connectivity index (χ0n) is 20.4. The van der Waals surface area contributed by atoms with Gasteiger partial charge < -0.3 is 0 Å². The molecule has 0 radical (unpaired) electrons. The Balaban J connectivity index is 0.000000289. The second-order valence-electron chi connectivity index (χ2n) is 8.68. The van der Waals surface area contributed by atoms with Gasteiger partial charge in [0.05, 0.1) is 4.90 Å². The third kappa shape index (κ3) is 8.06. The van der Waals surface area contributed by atoms with E-state index in [9.17, 15) is 21.4 Å². The summed E-state index contributed by atoms with van der Waals surface area (Å²) < 4.78 is 61.4. The van der Waals surface area contributed by atoms with Crippen molar-refractivity contribution in [2.45, 2.75) is 18.2 Å². The topological polar surface area (TPSA) is 109 Å². The van der Waals surface area contributed by atoms with E-state index >= 15 is 0 Å². The Bertz CT molecular complexity index is 1380. The molecular formula is C28H31O6PS2. The molecule has 37 heavy (non-hydrogen) atoms. The fraction of sp³-hybridized carbons (Fsp3) is 0.143. The molecule has 2 N–H and O–H groups in total. The Kier molecular flexibility index (Phi) is 9.76. The minimum atomic E-state index is -4.02. The van der Waals surface area contributed by atoms with E-state index in [1.54, 1.807) is 12.1 Å². The molecular weight excluding hydrogens is 527 g/mol. The van der Waals surface area contributed by atoms with Gasteiger partial charge in [0.25, 0.3) is 10.1 Å². The van der Waals surface area contributed by atoms with Crippen LogP contribution in [0.15, 0.2) is 120 Å². The van der Waals surface area contributed by atoms with Gasteiger partial charge in [0.15, 0.2) is 0 Å². The van der Waals surface area contributed by atoms with Crippen LogP contribution in [0.2, 0.25) is 0 Å². The van der Waals surface area contributed by atoms with Crippen LogP contribution in [-0.4, -0.2) is 37.9 Å². The summed E-state index contributed by atoms with van der Waals surface area (Å²) >= 11 is 0. The van der Waals surface area contributed by atoms with Gasteiger partial charge in [0.2, 0.25) is 0 Å². The van der Waals surface area contributed by atoms with Gasteiger partial charge in [-0.1, -0.05) is 17.7 Å². The first-order chi connectivity index (χ1) is 17.5. The third-order valence-electron chi connectivity index (χ3n) is 6.07. The van der Waals surface area contributed by atoms with E-state index in [1.165, 1.54) is 28.0 Å². The predicted octanol–water partition coefficient (Wildman–Crippen LogP) is 4.23. The Morgan fingerprint density at radius 1 is 0.595 bits per heavy atom. The minimum absolute atomic E-state index is 0.0666. The molecule has 0 saturated heterocycles. The van der Waals surface area contributed by atoms with E-state index < -0.39 is 27.5 Å². The number of aryl methyl sites for hydroxylation is 1. The van der Waals surface area contributed by atoms with Gasteiger partial charge in [-0.2, -0.15) is 8.42 Å². The van der Waals surface area contributed by atoms with E-state index in [0.29, 0.717) is 12.6 Å². The first kappa shape index (κ1) is 28.7. The van der Waals surface area contributed by atoms with Crippen LogP contribution >= 0.6 is 7.26 Å². The summed E-state index contributed by atoms with van der Waals surface area (Å²) in [6, 6.07) is 37.0. The van der Waals surface area contributed by atoms with Crippen LogP contribution in [0.3, 0.4) is 0 Å². The summed E-state index contributed by atoms with van der Waals surface area (Å²) in [5.41, 5.74) is 0.956. The zero-order chi connectivity index (χ0) is 26.9. The SMILES string of the molecule is Cc1ccc(S(=O)(=O)O)cc1.O=S(=O)(O)CCC[PH](c1ccccc1)(c1ccccc1)c1ccccc1. The first-order valence-electron chi connectivity index (χ1n) is 11.7. The second kappa shape index (κ2) is 12.6. The monoisotopic (exact) mass is 558 g/mol. The fourth-order valence-electron chi connectivity index (χ4n) is 4.33. The molecule has 0 bridgehead atoms. The third-order valence-corrected chi connectivity index (χ3v) is 12.8. The van der Waals surface area contributed by atoms with Gasteiger partial charge in [-0.25, -0.2) is 0 Å². The van der Waals surface area contributed by atoms with Crippen molar-refractivity contribution in [3.8, 4) is 0 Å². The van der Waals surface area contributed by atoms with Crippen molar-refractivity contribution in [1.29, 1.82) is 0 Å². The first-order valence-corrected chi connectivity index (χ1v) is 16.9. The van der Waals surface area contributed by atoms with Crippen LogP contribution in [0, 0.1) is 6.92 Å². The molecule has 0 saturated carbocycles. The molecule has 0 spiro atoms. The summed E-state index contributed by atoms with van der Waals surface area (Å²) in [4.78, 5) is -0.0666. The number of hydrogen-bond acceptors (Lipinski definition) is 4. The van der Waals surface area contributed by atoms with Crippen molar-refractivity contribution in [2.75, 3.05) is 11.9 Å². The number of rotatable bonds is 8. The normalized spacial score (nSPS) is 12.3. The molecule has 0 amide bonds. The maximum atomic E-state index is 11.3. The van der Waals surface area contributed by atoms with Gasteiger partial charge in [0.1, 0.15) is 0 Å². The quantitative estimate of drug-likeness (QED) is 0.248. The van der Waals surface area contributed by atoms with Crippen LogP contribution in [0.5, 0.6) is 0 Å². The Morgan fingerprint density at radius 3 is 1.30 bits per heavy atom. The fourth-order valence-corrected chi connectivity index (χ4v) is 10.4. The molecule has 4 aromatic carbocycles. The molecule has 0 atom stereocenters. The van der Waals surface area contributed by atoms with Crippen molar-refractivity contribution in [3.05, 3.63) is 121 Å². The summed E-state index contributed by atoms with van der Waals surface area (Å²) in [6.45, 7) is 1.84. The number of hydrogen-bond donors (Lipinski definition) is 2. The van der Waals surface area contributed by atoms with Crippen LogP contribution in [0.4, 0.5) is 0 Å². The molecule has 0 aromatic heterocycles. The van der Waals surface area contributed by atoms with Crippen molar-refractivity contribution >= 4 is 43.4 Å². The molecule has 6 nitrogen and oxygen atoms in total. The molecule has 196 valence electrons. The summed E-state index contributed by atoms with van der Waals surface area (Å²) in [5, 5.41) is 3.73. The maximum absolute atomic E-state index is 11.3. The Morgan fingerprint density at radius 2 is 0.973 bits per heavy atom. The van der Waals surface area contributed by atoms with E-state index in [0.717, 1.165) is 5.56 Å². The van der Waals surface area contributed by atoms with Crippen molar-refractivity contribution in [3.63, 3.8) is 0 Å². The predicted molar refractivity (Wildman–Crippen MR) is 153 cm³/mol. The van der Waals surface area contributed by atoms with Crippen LogP contribution in [0.1, 0.15) is 12.0 Å². The molecule has 4 rings (SSSR count). The standard InChI is InChI=1S/C21H23O3PS.C7H8O3S/c22-26(23,24)18-10-17-25(19-11-4-1-5-12-19,20-13-6-2-7-14-20)21-15-8-3-9-16-21;1-6-2-4-7(5-3-6)11(8,9)10/h1-9,11-16,25H,10,17-18H2,(H,22,23,24);2-5H,1H3,(H,8,9,10). The van der Waals surface area contributed by atoms with Crippen LogP contribution < -0.4 is 15.9 Å². The average molecular weight is 559 g/mol. The molecule has 4 aromatic rings. The molecule has 9 heteroatoms. The van der Waals surface area contributed by atoms with E-state index in [4.69, 9.17) is 4.55 Å². The summed E-state index contributed by atoms with van der Waals surface area (Å²) in [5.74, 6) is -0.214. The van der Waals surface area contributed by atoms with Gasteiger partial charge in [-0.15, -0.1) is 0 Å². The van der Waals surface area contributed by atoms with Crippen molar-refractivity contribution in [1.82, 2.24) is 0 Å². The van der Waals surface area contributed by atoms with Gasteiger partial charge in [-0.05, 0) is 19.1 Å². The van der Waals surface area contributed by atoms with Crippen molar-refractivity contribution in [2.24, 2.45) is 0 Å². The molecule has 0 heterocycles. The average Bonchev–Trinajstić information content (AvgIpc) is 2.88. The Labute approximate surface area is 219 Å². The summed E-state index contributed by atoms with van der Waals surface area (Å²) in [7, 11) is -10.4. The van der Waals surface area contributed by atoms with Crippen molar-refractivity contribution < 1.29 is 25.9 Å². The summed E-state index contributed by atoms with van der Waals surface area (Å²) in [6.07, 6.45) is 1.13. The zero-order valence-corrected chi connectivity index (χ0v) is 23.1. The molecule has 0 unspecified atom stereocenters. The van der Waals surface area contributed by atoms with Crippen LogP contribution in [0.25, 0.3) is 0 Å². The van der Waals surface area contributed by atoms with E-state index in [2.05, 4.69) is 36.4 Å². The van der Waals surface area contributed by atoms with Gasteiger partial charge in [0, 0.05) is 0 Å². The van der Waals surface area contributed by atoms with Gasteiger partial charge in [-0.3, -0.25) is 4.55 Å². The molecule has 0 aliphatic carbocycles. The molecule has 0 fully saturated rings. The van der Waals surface area contributed by atoms with E-state index in [-0.39, 0.29) is 10.6 Å². The van der Waals surface area contributed by atoms with Gasteiger partial charge >= 0.3 is 156 Å².